The molecule has 1 aliphatic heterocycles. The topological polar surface area (TPSA) is 44.7 Å². The fourth-order valence-corrected chi connectivity index (χ4v) is 2.42. The maximum Gasteiger partial charge on any atom is 0.0791 e. The van der Waals surface area contributed by atoms with Gasteiger partial charge >= 0.3 is 0 Å². The highest BCUT2D eigenvalue weighted by molar-refractivity contribution is 6.30. The Labute approximate surface area is 125 Å². The third-order valence-corrected chi connectivity index (χ3v) is 3.71. The van der Waals surface area contributed by atoms with Gasteiger partial charge in [-0.05, 0) is 30.7 Å². The zero-order valence-electron chi connectivity index (χ0n) is 11.7. The molecule has 2 N–H and O–H groups in total. The molecule has 1 unspecified atom stereocenters. The number of halogens is 1. The van der Waals surface area contributed by atoms with Crippen molar-refractivity contribution >= 4 is 11.6 Å². The number of nitrogens with one attached hydrogen (secondary N) is 1. The Bertz CT molecular complexity index is 380. The first-order chi connectivity index (χ1) is 9.74. The number of aliphatic hydroxyl groups excluding tert-OH is 1. The van der Waals surface area contributed by atoms with E-state index in [9.17, 15) is 5.11 Å². The summed E-state index contributed by atoms with van der Waals surface area (Å²) in [4.78, 5) is 2.25. The molecule has 1 aromatic rings. The van der Waals surface area contributed by atoms with E-state index in [0.29, 0.717) is 6.54 Å². The molecule has 0 radical (unpaired) electrons. The standard InChI is InChI=1S/C15H23ClN2O2/c16-14-3-1-13(2-4-14)5-6-17-11-15(19)12-18-7-9-20-10-8-18/h1-4,15,17,19H,5-12H2. The summed E-state index contributed by atoms with van der Waals surface area (Å²) in [5.74, 6) is 0. The van der Waals surface area contributed by atoms with E-state index in [4.69, 9.17) is 16.3 Å². The first-order valence-corrected chi connectivity index (χ1v) is 7.55. The average molecular weight is 299 g/mol. The molecule has 112 valence electrons. The van der Waals surface area contributed by atoms with E-state index in [1.165, 1.54) is 5.56 Å². The van der Waals surface area contributed by atoms with Crippen molar-refractivity contribution in [1.82, 2.24) is 10.2 Å². The third kappa shape index (κ3) is 5.77. The van der Waals surface area contributed by atoms with Gasteiger partial charge in [-0.25, -0.2) is 0 Å². The van der Waals surface area contributed by atoms with E-state index in [-0.39, 0.29) is 6.10 Å². The molecule has 0 bridgehead atoms. The van der Waals surface area contributed by atoms with Gasteiger partial charge in [-0.3, -0.25) is 4.90 Å². The summed E-state index contributed by atoms with van der Waals surface area (Å²) in [5.41, 5.74) is 1.25. The first-order valence-electron chi connectivity index (χ1n) is 7.17. The number of morpholine rings is 1. The average Bonchev–Trinajstić information content (AvgIpc) is 2.46. The number of rotatable bonds is 7. The van der Waals surface area contributed by atoms with Crippen molar-refractivity contribution in [3.05, 3.63) is 34.9 Å². The Morgan fingerprint density at radius 1 is 1.25 bits per heavy atom. The number of aliphatic hydroxyl groups is 1. The highest BCUT2D eigenvalue weighted by atomic mass is 35.5. The van der Waals surface area contributed by atoms with Crippen LogP contribution in [0.5, 0.6) is 0 Å². The van der Waals surface area contributed by atoms with Crippen molar-refractivity contribution in [3.8, 4) is 0 Å². The molecule has 20 heavy (non-hydrogen) atoms. The summed E-state index contributed by atoms with van der Waals surface area (Å²) in [6.45, 7) is 5.60. The molecule has 0 aliphatic carbocycles. The Hall–Kier alpha value is -0.650. The molecule has 1 fully saturated rings. The van der Waals surface area contributed by atoms with Gasteiger partial charge in [0.15, 0.2) is 0 Å². The number of ether oxygens (including phenoxy) is 1. The van der Waals surface area contributed by atoms with Crippen LogP contribution >= 0.6 is 11.6 Å². The fraction of sp³-hybridized carbons (Fsp3) is 0.600. The minimum atomic E-state index is -0.321. The maximum atomic E-state index is 9.97. The van der Waals surface area contributed by atoms with Crippen molar-refractivity contribution in [3.63, 3.8) is 0 Å². The maximum absolute atomic E-state index is 9.97. The van der Waals surface area contributed by atoms with E-state index in [1.54, 1.807) is 0 Å². The number of benzene rings is 1. The van der Waals surface area contributed by atoms with Gasteiger partial charge in [0.2, 0.25) is 0 Å². The first kappa shape index (κ1) is 15.7. The zero-order chi connectivity index (χ0) is 14.2. The van der Waals surface area contributed by atoms with E-state index < -0.39 is 0 Å². The van der Waals surface area contributed by atoms with Gasteiger partial charge in [0, 0.05) is 31.2 Å². The van der Waals surface area contributed by atoms with Gasteiger partial charge in [0.05, 0.1) is 19.3 Å². The van der Waals surface area contributed by atoms with Gasteiger partial charge in [0.25, 0.3) is 0 Å². The van der Waals surface area contributed by atoms with E-state index in [2.05, 4.69) is 10.2 Å². The number of hydrogen-bond acceptors (Lipinski definition) is 4. The number of β-amino-alcohol motifs (C(OH)–C–C–N with tert-alkyl or cyclic N) is 1. The Morgan fingerprint density at radius 2 is 1.95 bits per heavy atom. The molecule has 0 spiro atoms. The molecule has 1 saturated heterocycles. The molecule has 0 amide bonds. The largest absolute Gasteiger partial charge is 0.390 e. The molecule has 1 heterocycles. The van der Waals surface area contributed by atoms with Crippen LogP contribution < -0.4 is 5.32 Å². The molecule has 1 atom stereocenters. The summed E-state index contributed by atoms with van der Waals surface area (Å²) in [6, 6.07) is 7.89. The van der Waals surface area contributed by atoms with Crippen molar-refractivity contribution in [2.45, 2.75) is 12.5 Å². The molecular formula is C15H23ClN2O2. The molecule has 1 aromatic carbocycles. The van der Waals surface area contributed by atoms with Crippen LogP contribution in [0.4, 0.5) is 0 Å². The minimum absolute atomic E-state index is 0.321. The van der Waals surface area contributed by atoms with E-state index in [1.807, 2.05) is 24.3 Å². The summed E-state index contributed by atoms with van der Waals surface area (Å²) < 4.78 is 5.29. The molecule has 5 heteroatoms. The lowest BCUT2D eigenvalue weighted by atomic mass is 10.1. The summed E-state index contributed by atoms with van der Waals surface area (Å²) >= 11 is 5.84. The Kier molecular flexibility index (Phi) is 6.76. The predicted octanol–water partition coefficient (Wildman–Crippen LogP) is 1.17. The van der Waals surface area contributed by atoms with Crippen molar-refractivity contribution in [1.29, 1.82) is 0 Å². The van der Waals surface area contributed by atoms with Crippen LogP contribution in [0.1, 0.15) is 5.56 Å². The minimum Gasteiger partial charge on any atom is -0.390 e. The van der Waals surface area contributed by atoms with Crippen molar-refractivity contribution in [2.75, 3.05) is 45.9 Å². The zero-order valence-corrected chi connectivity index (χ0v) is 12.5. The SMILES string of the molecule is OC(CNCCc1ccc(Cl)cc1)CN1CCOCC1. The van der Waals surface area contributed by atoms with Crippen molar-refractivity contribution in [2.24, 2.45) is 0 Å². The molecule has 0 aromatic heterocycles. The summed E-state index contributed by atoms with van der Waals surface area (Å²) in [6.07, 6.45) is 0.625. The lowest BCUT2D eigenvalue weighted by Crippen LogP contribution is -2.43. The molecule has 1 aliphatic rings. The van der Waals surface area contributed by atoms with Crippen LogP contribution in [-0.2, 0) is 11.2 Å². The number of hydrogen-bond donors (Lipinski definition) is 2. The Balaban J connectivity index is 1.56. The van der Waals surface area contributed by atoms with Gasteiger partial charge in [-0.2, -0.15) is 0 Å². The molecular weight excluding hydrogens is 276 g/mol. The quantitative estimate of drug-likeness (QED) is 0.742. The van der Waals surface area contributed by atoms with E-state index in [0.717, 1.165) is 50.8 Å². The van der Waals surface area contributed by atoms with Gasteiger partial charge in [-0.1, -0.05) is 23.7 Å². The van der Waals surface area contributed by atoms with Crippen LogP contribution in [0.15, 0.2) is 24.3 Å². The van der Waals surface area contributed by atoms with Crippen molar-refractivity contribution < 1.29 is 9.84 Å². The fourth-order valence-electron chi connectivity index (χ4n) is 2.30. The lowest BCUT2D eigenvalue weighted by Gasteiger charge is -2.28. The molecule has 0 saturated carbocycles. The third-order valence-electron chi connectivity index (χ3n) is 3.46. The highest BCUT2D eigenvalue weighted by Crippen LogP contribution is 2.09. The smallest absolute Gasteiger partial charge is 0.0791 e. The van der Waals surface area contributed by atoms with Crippen LogP contribution in [0.25, 0.3) is 0 Å². The van der Waals surface area contributed by atoms with Crippen LogP contribution in [0, 0.1) is 0 Å². The molecule has 4 nitrogen and oxygen atoms in total. The second-order valence-electron chi connectivity index (χ2n) is 5.15. The van der Waals surface area contributed by atoms with Crippen LogP contribution in [-0.4, -0.2) is 62.0 Å². The second kappa shape index (κ2) is 8.60. The Morgan fingerprint density at radius 3 is 2.65 bits per heavy atom. The van der Waals surface area contributed by atoms with Gasteiger partial charge < -0.3 is 15.2 Å². The predicted molar refractivity (Wildman–Crippen MR) is 81.3 cm³/mol. The van der Waals surface area contributed by atoms with Gasteiger partial charge in [-0.15, -0.1) is 0 Å². The monoisotopic (exact) mass is 298 g/mol. The van der Waals surface area contributed by atoms with Gasteiger partial charge in [0.1, 0.15) is 0 Å². The summed E-state index contributed by atoms with van der Waals surface area (Å²) in [5, 5.41) is 14.0. The lowest BCUT2D eigenvalue weighted by molar-refractivity contribution is 0.0150. The number of nitrogens with zero attached hydrogens (tertiary/aromatic N) is 1. The molecule has 2 rings (SSSR count). The van der Waals surface area contributed by atoms with Crippen LogP contribution in [0.2, 0.25) is 5.02 Å². The highest BCUT2D eigenvalue weighted by Gasteiger charge is 2.14. The summed E-state index contributed by atoms with van der Waals surface area (Å²) in [7, 11) is 0. The second-order valence-corrected chi connectivity index (χ2v) is 5.58. The van der Waals surface area contributed by atoms with Crippen LogP contribution in [0.3, 0.4) is 0 Å². The van der Waals surface area contributed by atoms with E-state index >= 15 is 0 Å². The normalized spacial score (nSPS) is 18.1.